The van der Waals surface area contributed by atoms with Gasteiger partial charge >= 0.3 is 0 Å². The van der Waals surface area contributed by atoms with Gasteiger partial charge in [0.1, 0.15) is 0 Å². The lowest BCUT2D eigenvalue weighted by atomic mass is 10.0. The summed E-state index contributed by atoms with van der Waals surface area (Å²) in [5, 5.41) is 13.5. The number of rotatable bonds is 2. The molecule has 16 heavy (non-hydrogen) atoms. The minimum atomic E-state index is -0.588. The van der Waals surface area contributed by atoms with Gasteiger partial charge in [0.2, 0.25) is 0 Å². The van der Waals surface area contributed by atoms with Crippen LogP contribution in [-0.2, 0) is 6.42 Å². The zero-order chi connectivity index (χ0) is 11.7. The summed E-state index contributed by atoms with van der Waals surface area (Å²) in [6.07, 6.45) is 2.76. The van der Waals surface area contributed by atoms with Crippen LogP contribution in [0.25, 0.3) is 0 Å². The molecule has 1 aromatic carbocycles. The summed E-state index contributed by atoms with van der Waals surface area (Å²) < 4.78 is 13.4. The van der Waals surface area contributed by atoms with Crippen LogP contribution >= 0.6 is 11.6 Å². The fraction of sp³-hybridized carbons (Fsp3) is 0.500. The molecule has 0 saturated carbocycles. The van der Waals surface area contributed by atoms with Crippen molar-refractivity contribution in [2.45, 2.75) is 32.2 Å². The van der Waals surface area contributed by atoms with Crippen LogP contribution in [0.5, 0.6) is 5.75 Å². The topological polar surface area (TPSA) is 32.3 Å². The van der Waals surface area contributed by atoms with E-state index in [1.54, 1.807) is 6.92 Å². The maximum atomic E-state index is 13.4. The summed E-state index contributed by atoms with van der Waals surface area (Å²) >= 11 is 6.09. The van der Waals surface area contributed by atoms with Gasteiger partial charge in [-0.25, -0.2) is 4.39 Å². The number of aryl methyl sites for hydroxylation is 1. The second-order valence-electron chi connectivity index (χ2n) is 4.31. The van der Waals surface area contributed by atoms with E-state index in [4.69, 9.17) is 11.6 Å². The third-order valence-electron chi connectivity index (χ3n) is 3.08. The van der Waals surface area contributed by atoms with Gasteiger partial charge in [-0.15, -0.1) is 0 Å². The highest BCUT2D eigenvalue weighted by Crippen LogP contribution is 2.33. The molecule has 1 saturated heterocycles. The number of phenolic OH excluding ortho intramolecular Hbond substituents is 1. The lowest BCUT2D eigenvalue weighted by molar-refractivity contribution is 0.421. The Morgan fingerprint density at radius 3 is 3.00 bits per heavy atom. The summed E-state index contributed by atoms with van der Waals surface area (Å²) in [7, 11) is 0. The van der Waals surface area contributed by atoms with Crippen molar-refractivity contribution in [2.24, 2.45) is 0 Å². The molecule has 0 aromatic heterocycles. The van der Waals surface area contributed by atoms with Crippen LogP contribution in [0.1, 0.15) is 24.0 Å². The van der Waals surface area contributed by atoms with Gasteiger partial charge in [0.05, 0.1) is 5.02 Å². The van der Waals surface area contributed by atoms with Crippen molar-refractivity contribution in [1.29, 1.82) is 0 Å². The van der Waals surface area contributed by atoms with Crippen molar-refractivity contribution in [2.75, 3.05) is 6.54 Å². The number of aromatic hydroxyl groups is 1. The minimum Gasteiger partial charge on any atom is -0.505 e. The quantitative estimate of drug-likeness (QED) is 0.837. The van der Waals surface area contributed by atoms with Crippen molar-refractivity contribution in [1.82, 2.24) is 5.32 Å². The highest BCUT2D eigenvalue weighted by Gasteiger charge is 2.21. The molecule has 2 N–H and O–H groups in total. The first kappa shape index (κ1) is 11.7. The highest BCUT2D eigenvalue weighted by molar-refractivity contribution is 6.32. The molecule has 0 spiro atoms. The van der Waals surface area contributed by atoms with Crippen molar-refractivity contribution in [3.05, 3.63) is 28.0 Å². The van der Waals surface area contributed by atoms with E-state index >= 15 is 0 Å². The smallest absolute Gasteiger partial charge is 0.165 e. The average Bonchev–Trinajstić information content (AvgIpc) is 2.74. The molecule has 0 radical (unpaired) electrons. The van der Waals surface area contributed by atoms with E-state index in [1.165, 1.54) is 6.07 Å². The van der Waals surface area contributed by atoms with Crippen LogP contribution in [0.3, 0.4) is 0 Å². The van der Waals surface area contributed by atoms with Gasteiger partial charge in [-0.3, -0.25) is 0 Å². The second-order valence-corrected chi connectivity index (χ2v) is 4.69. The van der Waals surface area contributed by atoms with Gasteiger partial charge in [-0.05, 0) is 44.4 Å². The normalized spacial score (nSPS) is 20.3. The summed E-state index contributed by atoms with van der Waals surface area (Å²) in [5.41, 5.74) is 1.20. The largest absolute Gasteiger partial charge is 0.505 e. The molecule has 1 aliphatic heterocycles. The summed E-state index contributed by atoms with van der Waals surface area (Å²) in [5.74, 6) is -0.890. The monoisotopic (exact) mass is 243 g/mol. The molecule has 4 heteroatoms. The predicted octanol–water partition coefficient (Wildman–Crippen LogP) is 2.79. The first-order valence-corrected chi connectivity index (χ1v) is 5.87. The van der Waals surface area contributed by atoms with E-state index in [2.05, 4.69) is 5.32 Å². The van der Waals surface area contributed by atoms with Crippen molar-refractivity contribution in [3.63, 3.8) is 0 Å². The van der Waals surface area contributed by atoms with Gasteiger partial charge in [0.15, 0.2) is 11.6 Å². The first-order valence-electron chi connectivity index (χ1n) is 5.49. The number of benzene rings is 1. The molecule has 1 fully saturated rings. The third-order valence-corrected chi connectivity index (χ3v) is 3.61. The zero-order valence-electron chi connectivity index (χ0n) is 9.19. The lowest BCUT2D eigenvalue weighted by Gasteiger charge is -2.14. The van der Waals surface area contributed by atoms with Crippen molar-refractivity contribution >= 4 is 11.6 Å². The lowest BCUT2D eigenvalue weighted by Crippen LogP contribution is -2.24. The predicted molar refractivity (Wildman–Crippen MR) is 62.5 cm³/mol. The Morgan fingerprint density at radius 1 is 1.62 bits per heavy atom. The molecule has 2 nitrogen and oxygen atoms in total. The summed E-state index contributed by atoms with van der Waals surface area (Å²) in [6, 6.07) is 1.56. The van der Waals surface area contributed by atoms with Gasteiger partial charge in [0, 0.05) is 11.6 Å². The van der Waals surface area contributed by atoms with E-state index in [9.17, 15) is 9.50 Å². The van der Waals surface area contributed by atoms with E-state index in [0.717, 1.165) is 19.4 Å². The van der Waals surface area contributed by atoms with E-state index in [0.29, 0.717) is 28.6 Å². The van der Waals surface area contributed by atoms with Crippen LogP contribution in [0.15, 0.2) is 6.07 Å². The molecule has 0 aliphatic carbocycles. The summed E-state index contributed by atoms with van der Waals surface area (Å²) in [6.45, 7) is 2.73. The Hall–Kier alpha value is -0.800. The molecule has 0 bridgehead atoms. The SMILES string of the molecule is Cc1cc(F)c(O)c(CC2CCCN2)c1Cl. The fourth-order valence-electron chi connectivity index (χ4n) is 2.17. The number of phenols is 1. The molecule has 1 atom stereocenters. The maximum Gasteiger partial charge on any atom is 0.165 e. The molecular formula is C12H15ClFNO. The Labute approximate surface area is 99.4 Å². The Bertz CT molecular complexity index is 376. The van der Waals surface area contributed by atoms with Crippen LogP contribution < -0.4 is 5.32 Å². The fourth-order valence-corrected chi connectivity index (χ4v) is 2.39. The van der Waals surface area contributed by atoms with Gasteiger partial charge in [-0.1, -0.05) is 11.6 Å². The van der Waals surface area contributed by atoms with Gasteiger partial charge < -0.3 is 10.4 Å². The van der Waals surface area contributed by atoms with Crippen molar-refractivity contribution in [3.8, 4) is 5.75 Å². The maximum absolute atomic E-state index is 13.4. The van der Waals surface area contributed by atoms with Crippen LogP contribution in [0, 0.1) is 12.7 Å². The van der Waals surface area contributed by atoms with E-state index in [1.807, 2.05) is 0 Å². The number of hydrogen-bond acceptors (Lipinski definition) is 2. The van der Waals surface area contributed by atoms with Crippen LogP contribution in [0.4, 0.5) is 4.39 Å². The molecular weight excluding hydrogens is 229 g/mol. The molecule has 1 unspecified atom stereocenters. The Kier molecular flexibility index (Phi) is 3.36. The highest BCUT2D eigenvalue weighted by atomic mass is 35.5. The van der Waals surface area contributed by atoms with Gasteiger partial charge in [-0.2, -0.15) is 0 Å². The van der Waals surface area contributed by atoms with Crippen LogP contribution in [0.2, 0.25) is 5.02 Å². The average molecular weight is 244 g/mol. The number of nitrogens with one attached hydrogen (secondary N) is 1. The third kappa shape index (κ3) is 2.15. The molecule has 1 heterocycles. The summed E-state index contributed by atoms with van der Waals surface area (Å²) in [4.78, 5) is 0. The molecule has 2 rings (SSSR count). The minimum absolute atomic E-state index is 0.296. The van der Waals surface area contributed by atoms with Crippen molar-refractivity contribution < 1.29 is 9.50 Å². The molecule has 1 aromatic rings. The standard InChI is InChI=1S/C12H15ClFNO/c1-7-5-10(14)12(16)9(11(7)13)6-8-3-2-4-15-8/h5,8,15-16H,2-4,6H2,1H3. The molecule has 0 amide bonds. The first-order chi connectivity index (χ1) is 7.59. The number of halogens is 2. The van der Waals surface area contributed by atoms with Crippen LogP contribution in [-0.4, -0.2) is 17.7 Å². The zero-order valence-corrected chi connectivity index (χ0v) is 9.94. The Balaban J connectivity index is 2.31. The van der Waals surface area contributed by atoms with E-state index < -0.39 is 5.82 Å². The molecule has 88 valence electrons. The molecule has 1 aliphatic rings. The Morgan fingerprint density at radius 2 is 2.38 bits per heavy atom. The second kappa shape index (κ2) is 4.60. The van der Waals surface area contributed by atoms with E-state index in [-0.39, 0.29) is 5.75 Å². The van der Waals surface area contributed by atoms with Gasteiger partial charge in [0.25, 0.3) is 0 Å². The number of hydrogen-bond donors (Lipinski definition) is 2.